The Hall–Kier alpha value is -1.79. The molecule has 1 saturated heterocycles. The van der Waals surface area contributed by atoms with Crippen LogP contribution in [0, 0.1) is 0 Å². The number of hydrogen-bond donors (Lipinski definition) is 2. The molecule has 1 aromatic heterocycles. The van der Waals surface area contributed by atoms with E-state index >= 15 is 0 Å². The summed E-state index contributed by atoms with van der Waals surface area (Å²) < 4.78 is 7.49. The Morgan fingerprint density at radius 3 is 3.00 bits per heavy atom. The molecule has 2 aromatic rings. The lowest BCUT2D eigenvalue weighted by atomic mass is 10.2. The van der Waals surface area contributed by atoms with Crippen LogP contribution in [-0.4, -0.2) is 33.5 Å². The number of halogens is 1. The van der Waals surface area contributed by atoms with E-state index in [1.54, 1.807) is 12.1 Å². The number of carboxylic acid groups (broad SMARTS) is 1. The third kappa shape index (κ3) is 2.44. The van der Waals surface area contributed by atoms with Crippen molar-refractivity contribution >= 4 is 34.4 Å². The largest absolute Gasteiger partial charge is 0.465 e. The summed E-state index contributed by atoms with van der Waals surface area (Å²) in [6, 6.07) is 5.27. The van der Waals surface area contributed by atoms with E-state index in [-0.39, 0.29) is 6.10 Å². The van der Waals surface area contributed by atoms with Crippen molar-refractivity contribution in [2.45, 2.75) is 24.9 Å². The predicted molar refractivity (Wildman–Crippen MR) is 75.3 cm³/mol. The third-order valence-corrected chi connectivity index (χ3v) is 3.62. The molecule has 1 fully saturated rings. The summed E-state index contributed by atoms with van der Waals surface area (Å²) in [5, 5.41) is 11.0. The van der Waals surface area contributed by atoms with Crippen molar-refractivity contribution in [3.05, 3.63) is 24.0 Å². The van der Waals surface area contributed by atoms with Crippen LogP contribution in [0.1, 0.15) is 12.2 Å². The number of nitrogens with zero attached hydrogens (tertiary/aromatic N) is 2. The topological polar surface area (TPSA) is 76.4 Å². The van der Waals surface area contributed by atoms with Crippen molar-refractivity contribution in [2.75, 3.05) is 11.9 Å². The van der Waals surface area contributed by atoms with E-state index in [0.717, 1.165) is 36.4 Å². The number of ether oxygens (including phenoxy) is 1. The first-order valence-electron chi connectivity index (χ1n) is 6.34. The van der Waals surface area contributed by atoms with Crippen molar-refractivity contribution in [3.8, 4) is 0 Å². The molecule has 0 aliphatic carbocycles. The van der Waals surface area contributed by atoms with Crippen LogP contribution >= 0.6 is 11.6 Å². The van der Waals surface area contributed by atoms with Crippen LogP contribution < -0.4 is 5.32 Å². The summed E-state index contributed by atoms with van der Waals surface area (Å²) >= 11 is 5.94. The summed E-state index contributed by atoms with van der Waals surface area (Å²) in [5.41, 5.74) is 2.16. The van der Waals surface area contributed by atoms with Gasteiger partial charge in [0.25, 0.3) is 0 Å². The number of imidazole rings is 1. The zero-order chi connectivity index (χ0) is 14.1. The Bertz CT molecular complexity index is 652. The second kappa shape index (κ2) is 5.30. The van der Waals surface area contributed by atoms with Gasteiger partial charge in [-0.3, -0.25) is 5.32 Å². The number of benzene rings is 1. The van der Waals surface area contributed by atoms with E-state index in [4.69, 9.17) is 21.4 Å². The molecule has 1 aromatic carbocycles. The van der Waals surface area contributed by atoms with Gasteiger partial charge >= 0.3 is 6.09 Å². The molecule has 0 spiro atoms. The molecule has 2 heterocycles. The SMILES string of the molecule is O=C(O)Nc1ccc2c(c1)nc(CCl)n2C[C@@H]1CCO1. The first kappa shape index (κ1) is 13.2. The molecule has 7 heteroatoms. The standard InChI is InChI=1S/C13H14ClN3O3/c14-6-12-16-10-5-8(15-13(18)19)1-2-11(10)17(12)7-9-3-4-20-9/h1-2,5,9,15H,3-4,6-7H2,(H,18,19)/t9-/m0/s1. The minimum Gasteiger partial charge on any atom is -0.465 e. The Morgan fingerprint density at radius 1 is 1.60 bits per heavy atom. The molecule has 1 amide bonds. The Labute approximate surface area is 120 Å². The van der Waals surface area contributed by atoms with Crippen molar-refractivity contribution in [1.82, 2.24) is 9.55 Å². The Kier molecular flexibility index (Phi) is 3.50. The highest BCUT2D eigenvalue weighted by Crippen LogP contribution is 2.24. The van der Waals surface area contributed by atoms with Crippen LogP contribution in [-0.2, 0) is 17.2 Å². The molecule has 2 N–H and O–H groups in total. The van der Waals surface area contributed by atoms with Gasteiger partial charge in [-0.25, -0.2) is 9.78 Å². The molecule has 0 saturated carbocycles. The summed E-state index contributed by atoms with van der Waals surface area (Å²) in [5.74, 6) is 1.08. The zero-order valence-corrected chi connectivity index (χ0v) is 11.4. The monoisotopic (exact) mass is 295 g/mol. The van der Waals surface area contributed by atoms with Gasteiger partial charge in [0.1, 0.15) is 5.82 Å². The van der Waals surface area contributed by atoms with Crippen molar-refractivity contribution in [3.63, 3.8) is 0 Å². The van der Waals surface area contributed by atoms with Gasteiger partial charge in [-0.1, -0.05) is 0 Å². The summed E-state index contributed by atoms with van der Waals surface area (Å²) in [6.07, 6.45) is 0.162. The Balaban J connectivity index is 1.97. The van der Waals surface area contributed by atoms with E-state index in [1.807, 2.05) is 10.6 Å². The molecule has 106 valence electrons. The molecule has 20 heavy (non-hydrogen) atoms. The van der Waals surface area contributed by atoms with E-state index in [9.17, 15) is 4.79 Å². The number of nitrogens with one attached hydrogen (secondary N) is 1. The highest BCUT2D eigenvalue weighted by Gasteiger charge is 2.21. The maximum atomic E-state index is 10.7. The fourth-order valence-electron chi connectivity index (χ4n) is 2.32. The lowest BCUT2D eigenvalue weighted by Crippen LogP contribution is -2.31. The van der Waals surface area contributed by atoms with Gasteiger partial charge in [0.05, 0.1) is 29.6 Å². The van der Waals surface area contributed by atoms with Gasteiger partial charge in [-0.05, 0) is 24.6 Å². The van der Waals surface area contributed by atoms with Crippen LogP contribution in [0.4, 0.5) is 10.5 Å². The van der Waals surface area contributed by atoms with E-state index in [1.165, 1.54) is 0 Å². The highest BCUT2D eigenvalue weighted by molar-refractivity contribution is 6.16. The number of anilines is 1. The van der Waals surface area contributed by atoms with E-state index in [0.29, 0.717) is 11.6 Å². The number of hydrogen-bond acceptors (Lipinski definition) is 3. The number of rotatable bonds is 4. The average molecular weight is 296 g/mol. The predicted octanol–water partition coefficient (Wildman–Crippen LogP) is 2.65. The van der Waals surface area contributed by atoms with Gasteiger partial charge in [0, 0.05) is 12.3 Å². The molecule has 0 unspecified atom stereocenters. The molecular weight excluding hydrogens is 282 g/mol. The number of carbonyl (C=O) groups is 1. The minimum atomic E-state index is -1.09. The quantitative estimate of drug-likeness (QED) is 0.850. The fourth-order valence-corrected chi connectivity index (χ4v) is 2.52. The van der Waals surface area contributed by atoms with Crippen LogP contribution in [0.15, 0.2) is 18.2 Å². The third-order valence-electron chi connectivity index (χ3n) is 3.38. The van der Waals surface area contributed by atoms with Crippen molar-refractivity contribution in [2.24, 2.45) is 0 Å². The van der Waals surface area contributed by atoms with Gasteiger partial charge in [-0.2, -0.15) is 0 Å². The normalized spacial score (nSPS) is 17.9. The summed E-state index contributed by atoms with van der Waals surface area (Å²) in [6.45, 7) is 1.53. The summed E-state index contributed by atoms with van der Waals surface area (Å²) in [4.78, 5) is 15.1. The highest BCUT2D eigenvalue weighted by atomic mass is 35.5. The van der Waals surface area contributed by atoms with Gasteiger partial charge in [0.15, 0.2) is 0 Å². The number of aromatic nitrogens is 2. The first-order chi connectivity index (χ1) is 9.67. The minimum absolute atomic E-state index is 0.214. The first-order valence-corrected chi connectivity index (χ1v) is 6.87. The van der Waals surface area contributed by atoms with Crippen LogP contribution in [0.3, 0.4) is 0 Å². The van der Waals surface area contributed by atoms with E-state index < -0.39 is 6.09 Å². The Morgan fingerprint density at radius 2 is 2.40 bits per heavy atom. The molecule has 3 rings (SSSR count). The van der Waals surface area contributed by atoms with E-state index in [2.05, 4.69) is 10.3 Å². The molecule has 0 radical (unpaired) electrons. The molecule has 1 aliphatic heterocycles. The molecule has 0 bridgehead atoms. The maximum Gasteiger partial charge on any atom is 0.409 e. The van der Waals surface area contributed by atoms with Gasteiger partial charge in [0.2, 0.25) is 0 Å². The number of fused-ring (bicyclic) bond motifs is 1. The smallest absolute Gasteiger partial charge is 0.409 e. The average Bonchev–Trinajstić information content (AvgIpc) is 2.70. The molecule has 1 aliphatic rings. The number of amides is 1. The van der Waals surface area contributed by atoms with Crippen LogP contribution in [0.5, 0.6) is 0 Å². The van der Waals surface area contributed by atoms with Gasteiger partial charge < -0.3 is 14.4 Å². The molecule has 1 atom stereocenters. The summed E-state index contributed by atoms with van der Waals surface area (Å²) in [7, 11) is 0. The number of alkyl halides is 1. The zero-order valence-electron chi connectivity index (χ0n) is 10.7. The fraction of sp³-hybridized carbons (Fsp3) is 0.385. The second-order valence-corrected chi connectivity index (χ2v) is 4.95. The molecular formula is C13H14ClN3O3. The van der Waals surface area contributed by atoms with Crippen LogP contribution in [0.25, 0.3) is 11.0 Å². The van der Waals surface area contributed by atoms with Crippen molar-refractivity contribution in [1.29, 1.82) is 0 Å². The van der Waals surface area contributed by atoms with Crippen molar-refractivity contribution < 1.29 is 14.6 Å². The maximum absolute atomic E-state index is 10.7. The second-order valence-electron chi connectivity index (χ2n) is 4.69. The lowest BCUT2D eigenvalue weighted by Gasteiger charge is -2.27. The van der Waals surface area contributed by atoms with Gasteiger partial charge in [-0.15, -0.1) is 11.6 Å². The molecule has 6 nitrogen and oxygen atoms in total. The lowest BCUT2D eigenvalue weighted by molar-refractivity contribution is -0.0589. The van der Waals surface area contributed by atoms with Crippen LogP contribution in [0.2, 0.25) is 0 Å².